The predicted octanol–water partition coefficient (Wildman–Crippen LogP) is 1.04. The zero-order valence-corrected chi connectivity index (χ0v) is 12.8. The molecule has 0 bridgehead atoms. The number of nitrogens with zero attached hydrogens (tertiary/aromatic N) is 2. The largest absolute Gasteiger partial charge is 0.337 e. The number of likely N-dealkylation sites (N-methyl/N-ethyl adjacent to an activating group) is 1. The lowest BCUT2D eigenvalue weighted by Gasteiger charge is -2.32. The minimum absolute atomic E-state index is 0.0670. The van der Waals surface area contributed by atoms with Crippen LogP contribution in [0.2, 0.25) is 0 Å². The first-order valence-corrected chi connectivity index (χ1v) is 7.81. The van der Waals surface area contributed by atoms with Gasteiger partial charge in [0.25, 0.3) is 5.91 Å². The number of carbonyl (C=O) groups excluding carboxylic acids is 2. The SMILES string of the molecule is CNC1CCCN(C(=O)c2ccc(N3CCNC3=O)cc2)C1. The Bertz CT molecular complexity index is 558. The molecule has 0 saturated carbocycles. The number of nitrogens with one attached hydrogen (secondary N) is 2. The number of rotatable bonds is 3. The monoisotopic (exact) mass is 302 g/mol. The van der Waals surface area contributed by atoms with Crippen LogP contribution >= 0.6 is 0 Å². The van der Waals surface area contributed by atoms with Crippen LogP contribution in [0, 0.1) is 0 Å². The summed E-state index contributed by atoms with van der Waals surface area (Å²) in [5.74, 6) is 0.0670. The highest BCUT2D eigenvalue weighted by atomic mass is 16.2. The second-order valence-corrected chi connectivity index (χ2v) is 5.81. The van der Waals surface area contributed by atoms with Gasteiger partial charge in [-0.15, -0.1) is 0 Å². The number of hydrogen-bond acceptors (Lipinski definition) is 3. The summed E-state index contributed by atoms with van der Waals surface area (Å²) in [6.07, 6.45) is 2.15. The molecule has 22 heavy (non-hydrogen) atoms. The van der Waals surface area contributed by atoms with Crippen molar-refractivity contribution < 1.29 is 9.59 Å². The van der Waals surface area contributed by atoms with Crippen LogP contribution < -0.4 is 15.5 Å². The van der Waals surface area contributed by atoms with E-state index in [2.05, 4.69) is 10.6 Å². The third-order valence-corrected chi connectivity index (χ3v) is 4.40. The van der Waals surface area contributed by atoms with Crippen molar-refractivity contribution in [1.29, 1.82) is 0 Å². The second kappa shape index (κ2) is 6.36. The van der Waals surface area contributed by atoms with E-state index < -0.39 is 0 Å². The van der Waals surface area contributed by atoms with Crippen LogP contribution in [0.25, 0.3) is 0 Å². The van der Waals surface area contributed by atoms with E-state index in [9.17, 15) is 9.59 Å². The Balaban J connectivity index is 1.69. The van der Waals surface area contributed by atoms with Crippen molar-refractivity contribution >= 4 is 17.6 Å². The van der Waals surface area contributed by atoms with E-state index in [0.29, 0.717) is 24.7 Å². The number of likely N-dealkylation sites (tertiary alicyclic amines) is 1. The number of hydrogen-bond donors (Lipinski definition) is 2. The van der Waals surface area contributed by atoms with Crippen molar-refractivity contribution in [2.45, 2.75) is 18.9 Å². The molecule has 6 heteroatoms. The van der Waals surface area contributed by atoms with Crippen molar-refractivity contribution in [2.75, 3.05) is 38.1 Å². The molecule has 1 atom stereocenters. The van der Waals surface area contributed by atoms with Crippen LogP contribution in [-0.4, -0.2) is 56.1 Å². The Hall–Kier alpha value is -2.08. The van der Waals surface area contributed by atoms with E-state index in [-0.39, 0.29) is 11.9 Å². The molecule has 2 aliphatic heterocycles. The minimum Gasteiger partial charge on any atom is -0.337 e. The molecular formula is C16H22N4O2. The highest BCUT2D eigenvalue weighted by Crippen LogP contribution is 2.19. The molecule has 0 aliphatic carbocycles. The molecule has 1 aromatic rings. The maximum atomic E-state index is 12.6. The van der Waals surface area contributed by atoms with Crippen molar-refractivity contribution in [3.05, 3.63) is 29.8 Å². The summed E-state index contributed by atoms with van der Waals surface area (Å²) in [4.78, 5) is 27.8. The first-order chi connectivity index (χ1) is 10.7. The van der Waals surface area contributed by atoms with Crippen molar-refractivity contribution in [1.82, 2.24) is 15.5 Å². The van der Waals surface area contributed by atoms with Gasteiger partial charge in [-0.05, 0) is 44.2 Å². The summed E-state index contributed by atoms with van der Waals surface area (Å²) >= 11 is 0. The summed E-state index contributed by atoms with van der Waals surface area (Å²) in [5.41, 5.74) is 1.51. The number of amides is 3. The number of urea groups is 1. The molecule has 2 saturated heterocycles. The molecule has 3 rings (SSSR count). The van der Waals surface area contributed by atoms with Gasteiger partial charge in [0.2, 0.25) is 0 Å². The number of benzene rings is 1. The fraction of sp³-hybridized carbons (Fsp3) is 0.500. The van der Waals surface area contributed by atoms with Gasteiger partial charge in [0.15, 0.2) is 0 Å². The van der Waals surface area contributed by atoms with E-state index in [1.807, 2.05) is 36.2 Å². The number of anilines is 1. The Morgan fingerprint density at radius 2 is 2.05 bits per heavy atom. The van der Waals surface area contributed by atoms with Gasteiger partial charge in [-0.1, -0.05) is 0 Å². The van der Waals surface area contributed by atoms with Gasteiger partial charge in [0, 0.05) is 43.5 Å². The van der Waals surface area contributed by atoms with Crippen LogP contribution in [0.5, 0.6) is 0 Å². The summed E-state index contributed by atoms with van der Waals surface area (Å²) < 4.78 is 0. The highest BCUT2D eigenvalue weighted by molar-refractivity contribution is 5.97. The summed E-state index contributed by atoms with van der Waals surface area (Å²) in [7, 11) is 1.94. The quantitative estimate of drug-likeness (QED) is 0.877. The third-order valence-electron chi connectivity index (χ3n) is 4.40. The van der Waals surface area contributed by atoms with E-state index >= 15 is 0 Å². The van der Waals surface area contributed by atoms with Crippen molar-refractivity contribution in [3.63, 3.8) is 0 Å². The molecule has 2 N–H and O–H groups in total. The number of piperidine rings is 1. The minimum atomic E-state index is -0.0769. The molecule has 1 unspecified atom stereocenters. The molecule has 0 spiro atoms. The average molecular weight is 302 g/mol. The molecule has 118 valence electrons. The predicted molar refractivity (Wildman–Crippen MR) is 85.2 cm³/mol. The van der Waals surface area contributed by atoms with Crippen molar-refractivity contribution in [2.24, 2.45) is 0 Å². The molecule has 2 heterocycles. The summed E-state index contributed by atoms with van der Waals surface area (Å²) in [6.45, 7) is 2.90. The van der Waals surface area contributed by atoms with E-state index in [4.69, 9.17) is 0 Å². The third kappa shape index (κ3) is 2.92. The molecule has 3 amide bonds. The van der Waals surface area contributed by atoms with Gasteiger partial charge >= 0.3 is 6.03 Å². The fourth-order valence-corrected chi connectivity index (χ4v) is 3.08. The lowest BCUT2D eigenvalue weighted by Crippen LogP contribution is -2.46. The van der Waals surface area contributed by atoms with Gasteiger partial charge in [-0.3, -0.25) is 9.69 Å². The van der Waals surface area contributed by atoms with Crippen LogP contribution in [0.1, 0.15) is 23.2 Å². The fourth-order valence-electron chi connectivity index (χ4n) is 3.08. The molecule has 2 fully saturated rings. The second-order valence-electron chi connectivity index (χ2n) is 5.81. The molecule has 0 aromatic heterocycles. The number of carbonyl (C=O) groups is 2. The summed E-state index contributed by atoms with van der Waals surface area (Å²) in [5, 5.41) is 6.02. The Kier molecular flexibility index (Phi) is 4.29. The molecule has 6 nitrogen and oxygen atoms in total. The zero-order chi connectivity index (χ0) is 15.5. The van der Waals surface area contributed by atoms with Gasteiger partial charge in [0.1, 0.15) is 0 Å². The standard InChI is InChI=1S/C16H22N4O2/c1-17-13-3-2-9-19(11-13)15(21)12-4-6-14(7-5-12)20-10-8-18-16(20)22/h4-7,13,17H,2-3,8-11H2,1H3,(H,18,22). The zero-order valence-electron chi connectivity index (χ0n) is 12.8. The van der Waals surface area contributed by atoms with E-state index in [1.165, 1.54) is 0 Å². The average Bonchev–Trinajstić information content (AvgIpc) is 3.00. The van der Waals surface area contributed by atoms with Crippen LogP contribution in [0.4, 0.5) is 10.5 Å². The molecule has 2 aliphatic rings. The van der Waals surface area contributed by atoms with Gasteiger partial charge < -0.3 is 15.5 Å². The van der Waals surface area contributed by atoms with Crippen molar-refractivity contribution in [3.8, 4) is 0 Å². The first-order valence-electron chi connectivity index (χ1n) is 7.81. The Morgan fingerprint density at radius 3 is 2.68 bits per heavy atom. The topological polar surface area (TPSA) is 64.7 Å². The van der Waals surface area contributed by atoms with E-state index in [1.54, 1.807) is 4.90 Å². The molecule has 1 aromatic carbocycles. The maximum absolute atomic E-state index is 12.6. The van der Waals surface area contributed by atoms with Gasteiger partial charge in [-0.25, -0.2) is 4.79 Å². The van der Waals surface area contributed by atoms with Gasteiger partial charge in [-0.2, -0.15) is 0 Å². The first kappa shape index (κ1) is 14.8. The van der Waals surface area contributed by atoms with Crippen LogP contribution in [-0.2, 0) is 0 Å². The highest BCUT2D eigenvalue weighted by Gasteiger charge is 2.24. The normalized spacial score (nSPS) is 21.9. The Morgan fingerprint density at radius 1 is 1.27 bits per heavy atom. The van der Waals surface area contributed by atoms with E-state index in [0.717, 1.165) is 31.6 Å². The smallest absolute Gasteiger partial charge is 0.321 e. The molecular weight excluding hydrogens is 280 g/mol. The Labute approximate surface area is 130 Å². The van der Waals surface area contributed by atoms with Crippen LogP contribution in [0.3, 0.4) is 0 Å². The maximum Gasteiger partial charge on any atom is 0.321 e. The molecule has 0 radical (unpaired) electrons. The lowest BCUT2D eigenvalue weighted by molar-refractivity contribution is 0.0698. The summed E-state index contributed by atoms with van der Waals surface area (Å²) in [6, 6.07) is 7.62. The van der Waals surface area contributed by atoms with Crippen LogP contribution in [0.15, 0.2) is 24.3 Å². The van der Waals surface area contributed by atoms with Gasteiger partial charge in [0.05, 0.1) is 0 Å². The lowest BCUT2D eigenvalue weighted by atomic mass is 10.0.